The quantitative estimate of drug-likeness (QED) is 0.884. The average Bonchev–Trinajstić information content (AvgIpc) is 2.96. The van der Waals surface area contributed by atoms with Crippen LogP contribution in [0.1, 0.15) is 39.0 Å². The molecule has 2 aliphatic rings. The molecule has 1 aliphatic heterocycles. The van der Waals surface area contributed by atoms with Crippen molar-refractivity contribution in [3.8, 4) is 0 Å². The third-order valence-corrected chi connectivity index (χ3v) is 5.66. The number of nitrogens with one attached hydrogen (secondary N) is 2. The van der Waals surface area contributed by atoms with Crippen LogP contribution in [-0.4, -0.2) is 38.2 Å². The first-order chi connectivity index (χ1) is 12.0. The number of carbonyl (C=O) groups is 2. The molecule has 25 heavy (non-hydrogen) atoms. The molecule has 136 valence electrons. The monoisotopic (exact) mass is 345 g/mol. The molecule has 1 aromatic carbocycles. The van der Waals surface area contributed by atoms with Gasteiger partial charge in [0.25, 0.3) is 0 Å². The minimum Gasteiger partial charge on any atom is -0.381 e. The Bertz CT molecular complexity index is 641. The number of ether oxygens (including phenoxy) is 1. The van der Waals surface area contributed by atoms with Crippen LogP contribution in [0.25, 0.3) is 0 Å². The van der Waals surface area contributed by atoms with Crippen LogP contribution in [0.15, 0.2) is 24.3 Å². The number of benzene rings is 1. The normalized spacial score (nSPS) is 21.8. The maximum Gasteiger partial charge on any atom is 0.319 e. The molecule has 1 spiro atoms. The summed E-state index contributed by atoms with van der Waals surface area (Å²) in [6.45, 7) is 3.10. The molecule has 1 heterocycles. The van der Waals surface area contributed by atoms with Crippen molar-refractivity contribution in [2.24, 2.45) is 5.41 Å². The lowest BCUT2D eigenvalue weighted by Crippen LogP contribution is -2.48. The highest BCUT2D eigenvalue weighted by atomic mass is 16.5. The van der Waals surface area contributed by atoms with Gasteiger partial charge in [-0.25, -0.2) is 4.79 Å². The first kappa shape index (κ1) is 17.7. The van der Waals surface area contributed by atoms with Gasteiger partial charge in [-0.15, -0.1) is 0 Å². The van der Waals surface area contributed by atoms with Crippen molar-refractivity contribution in [2.45, 2.75) is 45.1 Å². The molecule has 1 atom stereocenters. The summed E-state index contributed by atoms with van der Waals surface area (Å²) in [5, 5.41) is 6.08. The summed E-state index contributed by atoms with van der Waals surface area (Å²) in [4.78, 5) is 25.5. The van der Waals surface area contributed by atoms with E-state index in [4.69, 9.17) is 4.74 Å². The lowest BCUT2D eigenvalue weighted by molar-refractivity contribution is -0.116. The third-order valence-electron chi connectivity index (χ3n) is 5.66. The first-order valence-corrected chi connectivity index (χ1v) is 9.00. The van der Waals surface area contributed by atoms with Gasteiger partial charge in [0, 0.05) is 44.6 Å². The molecule has 1 saturated heterocycles. The second kappa shape index (κ2) is 7.44. The van der Waals surface area contributed by atoms with Crippen LogP contribution >= 0.6 is 0 Å². The van der Waals surface area contributed by atoms with Gasteiger partial charge in [-0.1, -0.05) is 12.5 Å². The van der Waals surface area contributed by atoms with Crippen LogP contribution in [0.2, 0.25) is 0 Å². The molecule has 0 aromatic heterocycles. The van der Waals surface area contributed by atoms with Gasteiger partial charge in [-0.3, -0.25) is 4.79 Å². The number of rotatable bonds is 3. The van der Waals surface area contributed by atoms with E-state index >= 15 is 0 Å². The number of hydrogen-bond donors (Lipinski definition) is 2. The molecule has 1 aromatic rings. The number of urea groups is 1. The molecular formula is C19H27N3O3. The molecule has 2 N–H and O–H groups in total. The summed E-state index contributed by atoms with van der Waals surface area (Å²) in [6, 6.07) is 7.34. The topological polar surface area (TPSA) is 70.7 Å². The Morgan fingerprint density at radius 1 is 1.24 bits per heavy atom. The van der Waals surface area contributed by atoms with E-state index in [0.717, 1.165) is 44.6 Å². The van der Waals surface area contributed by atoms with Crippen LogP contribution in [0.3, 0.4) is 0 Å². The van der Waals surface area contributed by atoms with Crippen molar-refractivity contribution < 1.29 is 14.3 Å². The summed E-state index contributed by atoms with van der Waals surface area (Å²) in [5.74, 6) is -0.0472. The smallest absolute Gasteiger partial charge is 0.319 e. The van der Waals surface area contributed by atoms with Crippen molar-refractivity contribution in [3.05, 3.63) is 24.3 Å². The van der Waals surface area contributed by atoms with E-state index in [1.54, 1.807) is 18.0 Å². The van der Waals surface area contributed by atoms with Crippen LogP contribution in [0.4, 0.5) is 16.2 Å². The van der Waals surface area contributed by atoms with Gasteiger partial charge >= 0.3 is 6.03 Å². The second-order valence-corrected chi connectivity index (χ2v) is 7.15. The molecule has 3 amide bonds. The van der Waals surface area contributed by atoms with E-state index in [9.17, 15) is 9.59 Å². The Morgan fingerprint density at radius 3 is 2.72 bits per heavy atom. The fourth-order valence-electron chi connectivity index (χ4n) is 4.04. The van der Waals surface area contributed by atoms with E-state index in [2.05, 4.69) is 10.6 Å². The van der Waals surface area contributed by atoms with Gasteiger partial charge in [0.1, 0.15) is 0 Å². The van der Waals surface area contributed by atoms with E-state index in [1.807, 2.05) is 18.2 Å². The Balaban J connectivity index is 1.63. The predicted molar refractivity (Wildman–Crippen MR) is 97.8 cm³/mol. The highest BCUT2D eigenvalue weighted by Crippen LogP contribution is 2.45. The van der Waals surface area contributed by atoms with Gasteiger partial charge in [0.15, 0.2) is 0 Å². The third kappa shape index (κ3) is 3.95. The summed E-state index contributed by atoms with van der Waals surface area (Å²) in [7, 11) is 1.72. The zero-order chi connectivity index (χ0) is 17.9. The largest absolute Gasteiger partial charge is 0.381 e. The minimum absolute atomic E-state index is 0.0472. The molecule has 1 aliphatic carbocycles. The molecule has 2 fully saturated rings. The number of hydrogen-bond acceptors (Lipinski definition) is 3. The molecule has 0 unspecified atom stereocenters. The van der Waals surface area contributed by atoms with Gasteiger partial charge < -0.3 is 20.3 Å². The predicted octanol–water partition coefficient (Wildman–Crippen LogP) is 3.14. The highest BCUT2D eigenvalue weighted by Gasteiger charge is 2.44. The molecule has 6 heteroatoms. The maximum absolute atomic E-state index is 12.5. The summed E-state index contributed by atoms with van der Waals surface area (Å²) >= 11 is 0. The molecule has 0 bridgehead atoms. The molecule has 0 radical (unpaired) electrons. The molecule has 1 saturated carbocycles. The Morgan fingerprint density at radius 2 is 2.00 bits per heavy atom. The molecular weight excluding hydrogens is 318 g/mol. The standard InChI is InChI=1S/C19H27N3O3/c1-14(23)22(2)16-6-3-5-15(13-16)20-18(24)21-17-7-4-8-19(17)9-11-25-12-10-19/h3,5-6,13,17H,4,7-12H2,1-2H3,(H2,20,21,24)/t17-/m0/s1. The van der Waals surface area contributed by atoms with Crippen LogP contribution in [0.5, 0.6) is 0 Å². The van der Waals surface area contributed by atoms with Crippen LogP contribution in [-0.2, 0) is 9.53 Å². The summed E-state index contributed by atoms with van der Waals surface area (Å²) in [6.07, 6.45) is 5.40. The summed E-state index contributed by atoms with van der Waals surface area (Å²) < 4.78 is 5.50. The highest BCUT2D eigenvalue weighted by molar-refractivity contribution is 5.93. The van der Waals surface area contributed by atoms with Crippen molar-refractivity contribution >= 4 is 23.3 Å². The van der Waals surface area contributed by atoms with E-state index < -0.39 is 0 Å². The van der Waals surface area contributed by atoms with Crippen LogP contribution in [0, 0.1) is 5.41 Å². The first-order valence-electron chi connectivity index (χ1n) is 9.00. The van der Waals surface area contributed by atoms with Gasteiger partial charge in [0.2, 0.25) is 5.91 Å². The summed E-state index contributed by atoms with van der Waals surface area (Å²) in [5.41, 5.74) is 1.64. The number of anilines is 2. The van der Waals surface area contributed by atoms with Gasteiger partial charge in [0.05, 0.1) is 0 Å². The Labute approximate surface area is 148 Å². The number of nitrogens with zero attached hydrogens (tertiary/aromatic N) is 1. The number of carbonyl (C=O) groups excluding carboxylic acids is 2. The molecule has 3 rings (SSSR count). The Kier molecular flexibility index (Phi) is 5.27. The SMILES string of the molecule is CC(=O)N(C)c1cccc(NC(=O)N[C@H]2CCCC23CCOCC3)c1. The van der Waals surface area contributed by atoms with E-state index in [1.165, 1.54) is 13.3 Å². The minimum atomic E-state index is -0.180. The van der Waals surface area contributed by atoms with Crippen LogP contribution < -0.4 is 15.5 Å². The average molecular weight is 345 g/mol. The van der Waals surface area contributed by atoms with E-state index in [0.29, 0.717) is 5.69 Å². The van der Waals surface area contributed by atoms with Gasteiger partial charge in [-0.05, 0) is 49.3 Å². The molecule has 6 nitrogen and oxygen atoms in total. The lowest BCUT2D eigenvalue weighted by Gasteiger charge is -2.39. The van der Waals surface area contributed by atoms with Gasteiger partial charge in [-0.2, -0.15) is 0 Å². The van der Waals surface area contributed by atoms with Crippen molar-refractivity contribution in [1.82, 2.24) is 5.32 Å². The van der Waals surface area contributed by atoms with Crippen molar-refractivity contribution in [3.63, 3.8) is 0 Å². The fraction of sp³-hybridized carbons (Fsp3) is 0.579. The van der Waals surface area contributed by atoms with E-state index in [-0.39, 0.29) is 23.4 Å². The fourth-order valence-corrected chi connectivity index (χ4v) is 4.04. The number of amides is 3. The van der Waals surface area contributed by atoms with Crippen molar-refractivity contribution in [2.75, 3.05) is 30.5 Å². The van der Waals surface area contributed by atoms with Crippen molar-refractivity contribution in [1.29, 1.82) is 0 Å². The second-order valence-electron chi connectivity index (χ2n) is 7.15. The zero-order valence-electron chi connectivity index (χ0n) is 15.0. The zero-order valence-corrected chi connectivity index (χ0v) is 15.0. The maximum atomic E-state index is 12.5. The lowest BCUT2D eigenvalue weighted by atomic mass is 9.75. The Hall–Kier alpha value is -2.08.